The standard InChI is InChI=1S/C14H19NO3/c16-13(14(17)18)12(11-7-3-1-4-8-11)15-9-5-2-6-10-15/h1,3-4,7-8,12-13,16H,2,5-6,9-10H2,(H,17,18). The molecule has 0 bridgehead atoms. The van der Waals surface area contributed by atoms with Gasteiger partial charge in [0.1, 0.15) is 0 Å². The number of likely N-dealkylation sites (tertiary alicyclic amines) is 1. The highest BCUT2D eigenvalue weighted by atomic mass is 16.4. The van der Waals surface area contributed by atoms with E-state index in [0.29, 0.717) is 0 Å². The normalized spacial score (nSPS) is 20.3. The fourth-order valence-electron chi connectivity index (χ4n) is 2.57. The molecule has 4 nitrogen and oxygen atoms in total. The molecule has 1 heterocycles. The van der Waals surface area contributed by atoms with Crippen LogP contribution in [0.4, 0.5) is 0 Å². The molecule has 0 aliphatic carbocycles. The highest BCUT2D eigenvalue weighted by Crippen LogP contribution is 2.27. The van der Waals surface area contributed by atoms with Crippen LogP contribution in [-0.4, -0.2) is 40.3 Å². The second kappa shape index (κ2) is 5.98. The van der Waals surface area contributed by atoms with Gasteiger partial charge in [-0.1, -0.05) is 36.8 Å². The van der Waals surface area contributed by atoms with Gasteiger partial charge in [0.2, 0.25) is 0 Å². The van der Waals surface area contributed by atoms with Crippen LogP contribution in [0.5, 0.6) is 0 Å². The minimum atomic E-state index is -1.37. The van der Waals surface area contributed by atoms with E-state index in [1.165, 1.54) is 6.42 Å². The lowest BCUT2D eigenvalue weighted by Crippen LogP contribution is -2.43. The van der Waals surface area contributed by atoms with E-state index in [1.807, 2.05) is 30.3 Å². The first-order valence-electron chi connectivity index (χ1n) is 6.40. The largest absolute Gasteiger partial charge is 0.479 e. The molecule has 2 N–H and O–H groups in total. The molecule has 1 aliphatic heterocycles. The van der Waals surface area contributed by atoms with Gasteiger partial charge in [0.25, 0.3) is 0 Å². The SMILES string of the molecule is O=C(O)C(O)C(c1ccccc1)N1CCCCC1. The van der Waals surface area contributed by atoms with Crippen molar-refractivity contribution in [2.45, 2.75) is 31.4 Å². The van der Waals surface area contributed by atoms with Gasteiger partial charge in [-0.3, -0.25) is 4.90 Å². The van der Waals surface area contributed by atoms with Crippen molar-refractivity contribution in [2.24, 2.45) is 0 Å². The van der Waals surface area contributed by atoms with E-state index in [1.54, 1.807) is 0 Å². The fraction of sp³-hybridized carbons (Fsp3) is 0.500. The summed E-state index contributed by atoms with van der Waals surface area (Å²) in [5.74, 6) is -1.16. The predicted octanol–water partition coefficient (Wildman–Crippen LogP) is 1.66. The highest BCUT2D eigenvalue weighted by molar-refractivity contribution is 5.73. The van der Waals surface area contributed by atoms with Crippen LogP contribution in [0.15, 0.2) is 30.3 Å². The number of carboxylic acid groups (broad SMARTS) is 1. The summed E-state index contributed by atoms with van der Waals surface area (Å²) in [6.07, 6.45) is 1.94. The quantitative estimate of drug-likeness (QED) is 0.852. The average Bonchev–Trinajstić information content (AvgIpc) is 2.41. The van der Waals surface area contributed by atoms with E-state index in [9.17, 15) is 9.90 Å². The van der Waals surface area contributed by atoms with Gasteiger partial charge in [-0.2, -0.15) is 0 Å². The Kier molecular flexibility index (Phi) is 4.33. The van der Waals surface area contributed by atoms with E-state index >= 15 is 0 Å². The molecule has 1 fully saturated rings. The van der Waals surface area contributed by atoms with Gasteiger partial charge < -0.3 is 10.2 Å². The molecule has 0 amide bonds. The summed E-state index contributed by atoms with van der Waals surface area (Å²) in [4.78, 5) is 13.2. The van der Waals surface area contributed by atoms with Gasteiger partial charge in [0.15, 0.2) is 6.10 Å². The van der Waals surface area contributed by atoms with Crippen LogP contribution in [0.1, 0.15) is 30.9 Å². The van der Waals surface area contributed by atoms with Gasteiger partial charge in [-0.25, -0.2) is 4.79 Å². The molecule has 1 aromatic carbocycles. The highest BCUT2D eigenvalue weighted by Gasteiger charge is 2.32. The van der Waals surface area contributed by atoms with E-state index in [0.717, 1.165) is 31.5 Å². The zero-order valence-electron chi connectivity index (χ0n) is 10.3. The van der Waals surface area contributed by atoms with Crippen LogP contribution in [-0.2, 0) is 4.79 Å². The molecule has 1 aromatic rings. The van der Waals surface area contributed by atoms with Crippen molar-refractivity contribution in [3.05, 3.63) is 35.9 Å². The Hall–Kier alpha value is -1.39. The lowest BCUT2D eigenvalue weighted by atomic mass is 9.97. The third-order valence-corrected chi connectivity index (χ3v) is 3.48. The molecular weight excluding hydrogens is 230 g/mol. The maximum Gasteiger partial charge on any atom is 0.334 e. The van der Waals surface area contributed by atoms with Crippen molar-refractivity contribution in [1.82, 2.24) is 4.90 Å². The Morgan fingerprint density at radius 3 is 2.28 bits per heavy atom. The first-order valence-corrected chi connectivity index (χ1v) is 6.40. The maximum absolute atomic E-state index is 11.1. The number of aliphatic carboxylic acids is 1. The number of rotatable bonds is 4. The molecule has 98 valence electrons. The minimum Gasteiger partial charge on any atom is -0.479 e. The van der Waals surface area contributed by atoms with Crippen LogP contribution in [0.25, 0.3) is 0 Å². The molecule has 2 atom stereocenters. The van der Waals surface area contributed by atoms with E-state index in [2.05, 4.69) is 4.90 Å². The maximum atomic E-state index is 11.1. The monoisotopic (exact) mass is 249 g/mol. The molecule has 0 saturated carbocycles. The lowest BCUT2D eigenvalue weighted by molar-refractivity contribution is -0.151. The summed E-state index contributed by atoms with van der Waals surface area (Å²) in [5, 5.41) is 19.0. The first kappa shape index (κ1) is 13.1. The number of nitrogens with zero attached hydrogens (tertiary/aromatic N) is 1. The van der Waals surface area contributed by atoms with Gasteiger partial charge in [-0.15, -0.1) is 0 Å². The molecule has 2 rings (SSSR count). The Balaban J connectivity index is 2.25. The summed E-state index contributed by atoms with van der Waals surface area (Å²) in [7, 11) is 0. The number of carboxylic acids is 1. The summed E-state index contributed by atoms with van der Waals surface area (Å²) >= 11 is 0. The number of hydrogen-bond acceptors (Lipinski definition) is 3. The average molecular weight is 249 g/mol. The van der Waals surface area contributed by atoms with Gasteiger partial charge in [-0.05, 0) is 31.5 Å². The number of aliphatic hydroxyl groups excluding tert-OH is 1. The van der Waals surface area contributed by atoms with Crippen LogP contribution < -0.4 is 0 Å². The summed E-state index contributed by atoms with van der Waals surface area (Å²) in [6.45, 7) is 1.70. The number of carbonyl (C=O) groups is 1. The Morgan fingerprint density at radius 2 is 1.72 bits per heavy atom. The molecule has 0 radical (unpaired) electrons. The van der Waals surface area contributed by atoms with Crippen molar-refractivity contribution in [2.75, 3.05) is 13.1 Å². The Labute approximate surface area is 107 Å². The van der Waals surface area contributed by atoms with Crippen molar-refractivity contribution < 1.29 is 15.0 Å². The van der Waals surface area contributed by atoms with E-state index in [-0.39, 0.29) is 0 Å². The zero-order chi connectivity index (χ0) is 13.0. The molecule has 1 saturated heterocycles. The zero-order valence-corrected chi connectivity index (χ0v) is 10.3. The van der Waals surface area contributed by atoms with Crippen LogP contribution >= 0.6 is 0 Å². The predicted molar refractivity (Wildman–Crippen MR) is 68.2 cm³/mol. The summed E-state index contributed by atoms with van der Waals surface area (Å²) in [6, 6.07) is 8.96. The Bertz CT molecular complexity index is 387. The van der Waals surface area contributed by atoms with Gasteiger partial charge in [0.05, 0.1) is 6.04 Å². The molecule has 2 unspecified atom stereocenters. The summed E-state index contributed by atoms with van der Waals surface area (Å²) < 4.78 is 0. The second-order valence-corrected chi connectivity index (χ2v) is 4.74. The third kappa shape index (κ3) is 2.89. The van der Waals surface area contributed by atoms with E-state index < -0.39 is 18.1 Å². The van der Waals surface area contributed by atoms with Crippen molar-refractivity contribution in [3.8, 4) is 0 Å². The fourth-order valence-corrected chi connectivity index (χ4v) is 2.57. The number of hydrogen-bond donors (Lipinski definition) is 2. The van der Waals surface area contributed by atoms with E-state index in [4.69, 9.17) is 5.11 Å². The topological polar surface area (TPSA) is 60.8 Å². The van der Waals surface area contributed by atoms with Crippen LogP contribution in [0.2, 0.25) is 0 Å². The molecule has 0 aromatic heterocycles. The first-order chi connectivity index (χ1) is 8.70. The van der Waals surface area contributed by atoms with Crippen molar-refractivity contribution >= 4 is 5.97 Å². The third-order valence-electron chi connectivity index (χ3n) is 3.48. The molecule has 18 heavy (non-hydrogen) atoms. The lowest BCUT2D eigenvalue weighted by Gasteiger charge is -2.36. The van der Waals surface area contributed by atoms with Crippen molar-refractivity contribution in [1.29, 1.82) is 0 Å². The molecule has 1 aliphatic rings. The minimum absolute atomic E-state index is 0.441. The van der Waals surface area contributed by atoms with Crippen LogP contribution in [0.3, 0.4) is 0 Å². The molecule has 0 spiro atoms. The molecule has 4 heteroatoms. The van der Waals surface area contributed by atoms with Gasteiger partial charge in [0, 0.05) is 0 Å². The van der Waals surface area contributed by atoms with Crippen molar-refractivity contribution in [3.63, 3.8) is 0 Å². The summed E-state index contributed by atoms with van der Waals surface area (Å²) in [5.41, 5.74) is 0.870. The van der Waals surface area contributed by atoms with Crippen LogP contribution in [0, 0.1) is 0 Å². The molecular formula is C14H19NO3. The van der Waals surface area contributed by atoms with Gasteiger partial charge >= 0.3 is 5.97 Å². The number of aliphatic hydroxyl groups is 1. The number of benzene rings is 1. The smallest absolute Gasteiger partial charge is 0.334 e. The second-order valence-electron chi connectivity index (χ2n) is 4.74. The number of piperidine rings is 1. The Morgan fingerprint density at radius 1 is 1.11 bits per heavy atom.